The second kappa shape index (κ2) is 4.43. The molecule has 0 spiro atoms. The van der Waals surface area contributed by atoms with Gasteiger partial charge >= 0.3 is 0 Å². The summed E-state index contributed by atoms with van der Waals surface area (Å²) in [5.41, 5.74) is 0.860. The highest BCUT2D eigenvalue weighted by atomic mass is 35.5. The predicted molar refractivity (Wildman–Crippen MR) is 71.0 cm³/mol. The van der Waals surface area contributed by atoms with Crippen molar-refractivity contribution in [2.75, 3.05) is 5.32 Å². The Hall–Kier alpha value is -1.29. The molecule has 2 aliphatic carbocycles. The van der Waals surface area contributed by atoms with Gasteiger partial charge in [-0.25, -0.2) is 0 Å². The highest BCUT2D eigenvalue weighted by Crippen LogP contribution is 2.45. The minimum atomic E-state index is -0.455. The highest BCUT2D eigenvalue weighted by molar-refractivity contribution is 6.32. The molecule has 0 heterocycles. The Morgan fingerprint density at radius 1 is 1.33 bits per heavy atom. The number of benzene rings is 1. The van der Waals surface area contributed by atoms with Crippen LogP contribution in [0.5, 0.6) is 0 Å². The first kappa shape index (κ1) is 11.8. The van der Waals surface area contributed by atoms with Gasteiger partial charge in [-0.2, -0.15) is 0 Å². The van der Waals surface area contributed by atoms with Crippen LogP contribution in [0.25, 0.3) is 0 Å². The Labute approximate surface area is 110 Å². The quantitative estimate of drug-likeness (QED) is 0.668. The van der Waals surface area contributed by atoms with Crippen molar-refractivity contribution in [1.29, 1.82) is 0 Å². The molecule has 2 aliphatic rings. The number of nitrogens with one attached hydrogen (secondary N) is 1. The van der Waals surface area contributed by atoms with E-state index in [4.69, 9.17) is 11.6 Å². The van der Waals surface area contributed by atoms with Gasteiger partial charge in [-0.05, 0) is 43.2 Å². The molecule has 2 saturated carbocycles. The smallest absolute Gasteiger partial charge is 0.288 e. The molecule has 2 bridgehead atoms. The van der Waals surface area contributed by atoms with Gasteiger partial charge in [-0.1, -0.05) is 18.0 Å². The first-order chi connectivity index (χ1) is 8.63. The lowest BCUT2D eigenvalue weighted by Crippen LogP contribution is -2.25. The highest BCUT2D eigenvalue weighted by Gasteiger charge is 2.39. The van der Waals surface area contributed by atoms with E-state index in [1.165, 1.54) is 31.7 Å². The second-order valence-electron chi connectivity index (χ2n) is 5.35. The predicted octanol–water partition coefficient (Wildman–Crippen LogP) is 3.85. The fourth-order valence-electron chi connectivity index (χ4n) is 3.38. The zero-order valence-corrected chi connectivity index (χ0v) is 10.7. The van der Waals surface area contributed by atoms with Gasteiger partial charge < -0.3 is 5.32 Å². The number of anilines is 1. The van der Waals surface area contributed by atoms with Gasteiger partial charge in [0.2, 0.25) is 0 Å². The number of nitro benzene ring substituents is 1. The largest absolute Gasteiger partial charge is 0.382 e. The summed E-state index contributed by atoms with van der Waals surface area (Å²) in [6, 6.07) is 5.39. The third-order valence-corrected chi connectivity index (χ3v) is 4.54. The molecular weight excluding hydrogens is 252 g/mol. The molecule has 96 valence electrons. The second-order valence-corrected chi connectivity index (χ2v) is 5.76. The maximum atomic E-state index is 10.7. The SMILES string of the molecule is O=[N+]([O-])c1ccc(NC2CC3CCC2C3)cc1Cl. The van der Waals surface area contributed by atoms with Gasteiger partial charge in [0.15, 0.2) is 0 Å². The monoisotopic (exact) mass is 266 g/mol. The molecule has 0 saturated heterocycles. The molecule has 2 fully saturated rings. The molecule has 18 heavy (non-hydrogen) atoms. The zero-order chi connectivity index (χ0) is 12.7. The molecule has 4 nitrogen and oxygen atoms in total. The molecule has 0 radical (unpaired) electrons. The van der Waals surface area contributed by atoms with E-state index in [1.54, 1.807) is 12.1 Å². The molecule has 0 aliphatic heterocycles. The van der Waals surface area contributed by atoms with Crippen LogP contribution in [0.3, 0.4) is 0 Å². The molecule has 1 aromatic carbocycles. The van der Waals surface area contributed by atoms with Crippen LogP contribution in [-0.2, 0) is 0 Å². The summed E-state index contributed by atoms with van der Waals surface area (Å²) in [7, 11) is 0. The topological polar surface area (TPSA) is 55.2 Å². The third-order valence-electron chi connectivity index (χ3n) is 4.23. The number of hydrogen-bond donors (Lipinski definition) is 1. The van der Waals surface area contributed by atoms with Gasteiger partial charge in [-0.3, -0.25) is 10.1 Å². The van der Waals surface area contributed by atoms with Gasteiger partial charge in [0.1, 0.15) is 5.02 Å². The van der Waals surface area contributed by atoms with Crippen molar-refractivity contribution in [2.24, 2.45) is 11.8 Å². The maximum Gasteiger partial charge on any atom is 0.288 e. The molecular formula is C13H15ClN2O2. The van der Waals surface area contributed by atoms with Crippen LogP contribution in [0.15, 0.2) is 18.2 Å². The zero-order valence-electron chi connectivity index (χ0n) is 9.93. The Balaban J connectivity index is 1.74. The molecule has 1 aromatic rings. The van der Waals surface area contributed by atoms with Crippen molar-refractivity contribution < 1.29 is 4.92 Å². The van der Waals surface area contributed by atoms with E-state index in [-0.39, 0.29) is 10.7 Å². The number of nitro groups is 1. The molecule has 5 heteroatoms. The maximum absolute atomic E-state index is 10.7. The van der Waals surface area contributed by atoms with Crippen LogP contribution in [0.2, 0.25) is 5.02 Å². The fraction of sp³-hybridized carbons (Fsp3) is 0.538. The minimum Gasteiger partial charge on any atom is -0.382 e. The lowest BCUT2D eigenvalue weighted by Gasteiger charge is -2.24. The normalized spacial score (nSPS) is 29.5. The van der Waals surface area contributed by atoms with Crippen molar-refractivity contribution in [3.05, 3.63) is 33.3 Å². The van der Waals surface area contributed by atoms with Crippen molar-refractivity contribution in [3.8, 4) is 0 Å². The average Bonchev–Trinajstić information content (AvgIpc) is 2.90. The molecule has 0 aromatic heterocycles. The van der Waals surface area contributed by atoms with Gasteiger partial charge in [0.25, 0.3) is 5.69 Å². The van der Waals surface area contributed by atoms with Crippen molar-refractivity contribution in [1.82, 2.24) is 0 Å². The van der Waals surface area contributed by atoms with Crippen LogP contribution in [-0.4, -0.2) is 11.0 Å². The lowest BCUT2D eigenvalue weighted by atomic mass is 9.95. The van der Waals surface area contributed by atoms with Gasteiger partial charge in [-0.15, -0.1) is 0 Å². The van der Waals surface area contributed by atoms with Crippen LogP contribution < -0.4 is 5.32 Å². The van der Waals surface area contributed by atoms with E-state index < -0.39 is 4.92 Å². The van der Waals surface area contributed by atoms with E-state index in [9.17, 15) is 10.1 Å². The van der Waals surface area contributed by atoms with Crippen molar-refractivity contribution in [3.63, 3.8) is 0 Å². The van der Waals surface area contributed by atoms with Crippen molar-refractivity contribution in [2.45, 2.75) is 31.7 Å². The Morgan fingerprint density at radius 2 is 2.17 bits per heavy atom. The van der Waals surface area contributed by atoms with Crippen LogP contribution in [0.1, 0.15) is 25.7 Å². The Bertz CT molecular complexity index is 492. The van der Waals surface area contributed by atoms with Gasteiger partial charge in [0.05, 0.1) is 4.92 Å². The van der Waals surface area contributed by atoms with E-state index >= 15 is 0 Å². The number of nitrogens with zero attached hydrogens (tertiary/aromatic N) is 1. The van der Waals surface area contributed by atoms with E-state index in [2.05, 4.69) is 5.32 Å². The summed E-state index contributed by atoms with van der Waals surface area (Å²) in [6.45, 7) is 0. The third kappa shape index (κ3) is 2.05. The average molecular weight is 267 g/mol. The van der Waals surface area contributed by atoms with E-state index in [0.29, 0.717) is 6.04 Å². The Kier molecular flexibility index (Phi) is 2.90. The van der Waals surface area contributed by atoms with Crippen LogP contribution in [0.4, 0.5) is 11.4 Å². The summed E-state index contributed by atoms with van der Waals surface area (Å²) in [5.74, 6) is 1.64. The van der Waals surface area contributed by atoms with E-state index in [1.807, 2.05) is 0 Å². The first-order valence-corrected chi connectivity index (χ1v) is 6.72. The summed E-state index contributed by atoms with van der Waals surface area (Å²) in [6.07, 6.45) is 5.23. The molecule has 3 atom stereocenters. The minimum absolute atomic E-state index is 0.0323. The number of rotatable bonds is 3. The van der Waals surface area contributed by atoms with Gasteiger partial charge in [0, 0.05) is 17.8 Å². The van der Waals surface area contributed by atoms with E-state index in [0.717, 1.165) is 17.5 Å². The number of hydrogen-bond acceptors (Lipinski definition) is 3. The lowest BCUT2D eigenvalue weighted by molar-refractivity contribution is -0.384. The molecule has 1 N–H and O–H groups in total. The van der Waals surface area contributed by atoms with Crippen molar-refractivity contribution >= 4 is 23.0 Å². The standard InChI is InChI=1S/C13H15ClN2O2/c14-11-7-10(3-4-13(11)16(17)18)15-12-6-8-1-2-9(12)5-8/h3-4,7-9,12,15H,1-2,5-6H2. The molecule has 0 amide bonds. The molecule has 3 rings (SSSR count). The Morgan fingerprint density at radius 3 is 2.72 bits per heavy atom. The number of fused-ring (bicyclic) bond motifs is 2. The summed E-state index contributed by atoms with van der Waals surface area (Å²) in [4.78, 5) is 10.2. The number of halogens is 1. The van der Waals surface area contributed by atoms with Crippen LogP contribution >= 0.6 is 11.6 Å². The summed E-state index contributed by atoms with van der Waals surface area (Å²) >= 11 is 5.91. The first-order valence-electron chi connectivity index (χ1n) is 6.34. The summed E-state index contributed by atoms with van der Waals surface area (Å²) < 4.78 is 0. The van der Waals surface area contributed by atoms with Crippen LogP contribution in [0, 0.1) is 22.0 Å². The fourth-order valence-corrected chi connectivity index (χ4v) is 3.63. The molecule has 3 unspecified atom stereocenters. The summed E-state index contributed by atoms with van der Waals surface area (Å²) in [5, 5.41) is 14.4.